The Bertz CT molecular complexity index is 1520. The van der Waals surface area contributed by atoms with Gasteiger partial charge >= 0.3 is 18.2 Å². The number of para-hydroxylation sites is 1. The number of aliphatic carboxylic acids is 1. The summed E-state index contributed by atoms with van der Waals surface area (Å²) in [6, 6.07) is 14.6. The maximum absolute atomic E-state index is 13.1. The van der Waals surface area contributed by atoms with Gasteiger partial charge < -0.3 is 19.9 Å². The molecule has 2 aromatic heterocycles. The van der Waals surface area contributed by atoms with Crippen LogP contribution in [0.3, 0.4) is 0 Å². The Morgan fingerprint density at radius 2 is 1.76 bits per heavy atom. The number of nitrogens with one attached hydrogen (secondary N) is 1. The monoisotopic (exact) mass is 576 g/mol. The molecule has 2 heterocycles. The number of carboxylic acids is 1. The van der Waals surface area contributed by atoms with Gasteiger partial charge in [0.05, 0.1) is 11.6 Å². The van der Waals surface area contributed by atoms with Crippen molar-refractivity contribution in [2.75, 3.05) is 0 Å². The summed E-state index contributed by atoms with van der Waals surface area (Å²) < 4.78 is 13.7. The van der Waals surface area contributed by atoms with Gasteiger partial charge in [0.25, 0.3) is 0 Å². The zero-order valence-electron chi connectivity index (χ0n) is 24.2. The van der Waals surface area contributed by atoms with Crippen LogP contribution in [0, 0.1) is 0 Å². The van der Waals surface area contributed by atoms with E-state index in [9.17, 15) is 19.5 Å². The van der Waals surface area contributed by atoms with Crippen LogP contribution in [-0.4, -0.2) is 53.6 Å². The van der Waals surface area contributed by atoms with Gasteiger partial charge in [-0.15, -0.1) is 5.10 Å². The topological polar surface area (TPSA) is 150 Å². The summed E-state index contributed by atoms with van der Waals surface area (Å²) in [5.41, 5.74) is 1.42. The van der Waals surface area contributed by atoms with Crippen LogP contribution in [0.2, 0.25) is 0 Å². The van der Waals surface area contributed by atoms with Gasteiger partial charge in [0.2, 0.25) is 0 Å². The summed E-state index contributed by atoms with van der Waals surface area (Å²) in [5, 5.41) is 25.4. The smallest absolute Gasteiger partial charge is 0.419 e. The minimum atomic E-state index is -1.08. The first-order valence-electron chi connectivity index (χ1n) is 13.9. The second-order valence-corrected chi connectivity index (χ2v) is 11.0. The van der Waals surface area contributed by atoms with E-state index < -0.39 is 35.8 Å². The zero-order valence-corrected chi connectivity index (χ0v) is 24.2. The number of aromatic nitrogens is 5. The molecule has 1 amide bonds. The molecule has 2 aromatic carbocycles. The van der Waals surface area contributed by atoms with Crippen molar-refractivity contribution in [2.45, 2.75) is 77.7 Å². The number of tetrazole rings is 1. The van der Waals surface area contributed by atoms with E-state index in [1.54, 1.807) is 33.0 Å². The number of carboxylic acid groups (broad SMARTS) is 1. The summed E-state index contributed by atoms with van der Waals surface area (Å²) in [5.74, 6) is -0.923. The second kappa shape index (κ2) is 13.3. The van der Waals surface area contributed by atoms with Crippen molar-refractivity contribution in [1.29, 1.82) is 0 Å². The number of hydrogen-bond acceptors (Lipinski definition) is 8. The van der Waals surface area contributed by atoms with Crippen LogP contribution in [-0.2, 0) is 27.3 Å². The van der Waals surface area contributed by atoms with Crippen LogP contribution in [0.1, 0.15) is 76.0 Å². The SMILES string of the molecule is CCCCC(C(=O)O)n1nnnc1C(Cc1cn(C(=O)OC(C)(C)C)c2ccccc12)NC(=O)OCc1ccccc1. The molecule has 4 aromatic rings. The average molecular weight is 577 g/mol. The highest BCUT2D eigenvalue weighted by atomic mass is 16.6. The molecule has 42 heavy (non-hydrogen) atoms. The van der Waals surface area contributed by atoms with E-state index in [-0.39, 0.29) is 18.9 Å². The van der Waals surface area contributed by atoms with Gasteiger partial charge in [0.15, 0.2) is 11.9 Å². The third-order valence-corrected chi connectivity index (χ3v) is 6.55. The van der Waals surface area contributed by atoms with Crippen LogP contribution >= 0.6 is 0 Å². The molecule has 2 unspecified atom stereocenters. The fourth-order valence-corrected chi connectivity index (χ4v) is 4.61. The van der Waals surface area contributed by atoms with Crippen LogP contribution < -0.4 is 5.32 Å². The highest BCUT2D eigenvalue weighted by molar-refractivity contribution is 5.92. The van der Waals surface area contributed by atoms with Gasteiger partial charge in [0, 0.05) is 18.0 Å². The fourth-order valence-electron chi connectivity index (χ4n) is 4.61. The van der Waals surface area contributed by atoms with E-state index in [0.717, 1.165) is 17.4 Å². The number of carbonyl (C=O) groups is 3. The summed E-state index contributed by atoms with van der Waals surface area (Å²) in [6.07, 6.45) is 2.27. The Kier molecular flexibility index (Phi) is 9.56. The molecular weight excluding hydrogens is 540 g/mol. The van der Waals surface area contributed by atoms with Crippen LogP contribution in [0.25, 0.3) is 10.9 Å². The Balaban J connectivity index is 1.70. The van der Waals surface area contributed by atoms with E-state index in [2.05, 4.69) is 20.8 Å². The normalized spacial score (nSPS) is 13.0. The number of nitrogens with zero attached hydrogens (tertiary/aromatic N) is 5. The van der Waals surface area contributed by atoms with Gasteiger partial charge in [-0.2, -0.15) is 0 Å². The standard InChI is InChI=1S/C30H36N6O6/c1-5-6-15-25(27(37)38)36-26(32-33-34-36)23(31-28(39)41-19-20-12-8-7-9-13-20)17-21-18-35(29(40)42-30(2,3)4)24-16-11-10-14-22(21)24/h7-14,16,18,23,25H,5-6,15,17,19H2,1-4H3,(H,31,39)(H,37,38). The van der Waals surface area contributed by atoms with Crippen molar-refractivity contribution < 1.29 is 29.0 Å². The molecule has 12 nitrogen and oxygen atoms in total. The molecule has 0 radical (unpaired) electrons. The maximum Gasteiger partial charge on any atom is 0.419 e. The molecule has 0 spiro atoms. The highest BCUT2D eigenvalue weighted by Gasteiger charge is 2.31. The summed E-state index contributed by atoms with van der Waals surface area (Å²) >= 11 is 0. The molecule has 0 fully saturated rings. The number of rotatable bonds is 11. The van der Waals surface area contributed by atoms with Gasteiger partial charge in [-0.1, -0.05) is 68.3 Å². The minimum absolute atomic E-state index is 0.0382. The predicted octanol–water partition coefficient (Wildman–Crippen LogP) is 5.44. The molecule has 0 aliphatic heterocycles. The first-order chi connectivity index (χ1) is 20.1. The molecule has 4 rings (SSSR count). The second-order valence-electron chi connectivity index (χ2n) is 11.0. The molecule has 222 valence electrons. The molecule has 2 atom stereocenters. The molecule has 2 N–H and O–H groups in total. The van der Waals surface area contributed by atoms with Crippen LogP contribution in [0.4, 0.5) is 9.59 Å². The molecule has 0 saturated heterocycles. The Morgan fingerprint density at radius 1 is 1.05 bits per heavy atom. The molecular formula is C30H36N6O6. The Morgan fingerprint density at radius 3 is 2.45 bits per heavy atom. The molecule has 0 aliphatic carbocycles. The summed E-state index contributed by atoms with van der Waals surface area (Å²) in [6.45, 7) is 7.37. The first kappa shape index (κ1) is 30.2. The Labute approximate surface area is 243 Å². The first-order valence-corrected chi connectivity index (χ1v) is 13.9. The molecule has 12 heteroatoms. The van der Waals surface area contributed by atoms with E-state index >= 15 is 0 Å². The van der Waals surface area contributed by atoms with Crippen molar-refractivity contribution in [3.63, 3.8) is 0 Å². The number of benzene rings is 2. The zero-order chi connectivity index (χ0) is 30.3. The molecule has 0 aliphatic rings. The largest absolute Gasteiger partial charge is 0.480 e. The molecule has 0 bridgehead atoms. The lowest BCUT2D eigenvalue weighted by Gasteiger charge is -2.21. The van der Waals surface area contributed by atoms with Crippen molar-refractivity contribution >= 4 is 29.1 Å². The van der Waals surface area contributed by atoms with Gasteiger partial charge in [-0.3, -0.25) is 4.57 Å². The van der Waals surface area contributed by atoms with Crippen molar-refractivity contribution in [1.82, 2.24) is 30.1 Å². The van der Waals surface area contributed by atoms with Crippen molar-refractivity contribution in [3.8, 4) is 0 Å². The van der Waals surface area contributed by atoms with Crippen molar-refractivity contribution in [3.05, 3.63) is 77.7 Å². The summed E-state index contributed by atoms with van der Waals surface area (Å²) in [7, 11) is 0. The lowest BCUT2D eigenvalue weighted by molar-refractivity contribution is -0.141. The minimum Gasteiger partial charge on any atom is -0.480 e. The number of alkyl carbamates (subject to hydrolysis) is 1. The quantitative estimate of drug-likeness (QED) is 0.238. The predicted molar refractivity (Wildman–Crippen MR) is 154 cm³/mol. The third kappa shape index (κ3) is 7.50. The van der Waals surface area contributed by atoms with E-state index in [0.29, 0.717) is 23.9 Å². The maximum atomic E-state index is 13.1. The van der Waals surface area contributed by atoms with Crippen LogP contribution in [0.15, 0.2) is 60.8 Å². The Hall–Kier alpha value is -4.74. The summed E-state index contributed by atoms with van der Waals surface area (Å²) in [4.78, 5) is 38.3. The van der Waals surface area contributed by atoms with Crippen LogP contribution in [0.5, 0.6) is 0 Å². The number of ether oxygens (including phenoxy) is 2. The lowest BCUT2D eigenvalue weighted by Crippen LogP contribution is -2.34. The highest BCUT2D eigenvalue weighted by Crippen LogP contribution is 2.28. The van der Waals surface area contributed by atoms with E-state index in [1.165, 1.54) is 9.25 Å². The van der Waals surface area contributed by atoms with E-state index in [1.807, 2.05) is 55.5 Å². The fraction of sp³-hybridized carbons (Fsp3) is 0.400. The van der Waals surface area contributed by atoms with Gasteiger partial charge in [0.1, 0.15) is 12.2 Å². The average Bonchev–Trinajstić information content (AvgIpc) is 3.57. The van der Waals surface area contributed by atoms with E-state index in [4.69, 9.17) is 9.47 Å². The number of unbranched alkanes of at least 4 members (excludes halogenated alkanes) is 1. The number of fused-ring (bicyclic) bond motifs is 1. The number of hydrogen-bond donors (Lipinski definition) is 2. The van der Waals surface area contributed by atoms with Gasteiger partial charge in [-0.05, 0) is 54.8 Å². The van der Waals surface area contributed by atoms with Gasteiger partial charge in [-0.25, -0.2) is 19.1 Å². The number of carbonyl (C=O) groups excluding carboxylic acids is 2. The van der Waals surface area contributed by atoms with Crippen molar-refractivity contribution in [2.24, 2.45) is 0 Å². The molecule has 0 saturated carbocycles. The third-order valence-electron chi connectivity index (χ3n) is 6.55. The lowest BCUT2D eigenvalue weighted by atomic mass is 10.0. The number of amides is 1.